The molecule has 0 aromatic heterocycles. The lowest BCUT2D eigenvalue weighted by molar-refractivity contribution is -0.128. The van der Waals surface area contributed by atoms with E-state index in [0.29, 0.717) is 0 Å². The van der Waals surface area contributed by atoms with E-state index in [-0.39, 0.29) is 0 Å². The molecule has 7 rings (SSSR count). The van der Waals surface area contributed by atoms with Crippen LogP contribution < -0.4 is 0 Å². The second kappa shape index (κ2) is 10.9. The second-order valence-corrected chi connectivity index (χ2v) is 15.9. The third-order valence-corrected chi connectivity index (χ3v) is 14.7. The Balaban J connectivity index is 1.16. The maximum atomic E-state index is 2.64. The number of hydrogen-bond donors (Lipinski definition) is 0. The van der Waals surface area contributed by atoms with E-state index in [1.165, 1.54) is 6.42 Å². The number of rotatable bonds is 3. The molecule has 36 heavy (non-hydrogen) atoms. The van der Waals surface area contributed by atoms with Crippen LogP contribution in [0.2, 0.25) is 0 Å². The topological polar surface area (TPSA) is 0 Å². The Morgan fingerprint density at radius 3 is 1.42 bits per heavy atom. The Bertz CT molecular complexity index is 694. The van der Waals surface area contributed by atoms with Gasteiger partial charge in [-0.1, -0.05) is 84.0 Å². The van der Waals surface area contributed by atoms with Gasteiger partial charge in [0.2, 0.25) is 0 Å². The maximum absolute atomic E-state index is 2.64. The predicted octanol–water partition coefficient (Wildman–Crippen LogP) is 10.7. The standard InChI is InChI=1S/C36H60/c1-24-19-22-34(29-14-6-5-13-28(24)29)36-32-17-9-7-15-30(32)35(31-16-8-10-18-33(31)36)27-21-20-26(23-27)25-11-3-2-4-12-25/h24-36H,2-23H2,1H3. The summed E-state index contributed by atoms with van der Waals surface area (Å²) >= 11 is 0. The molecule has 0 heteroatoms. The molecule has 0 saturated heterocycles. The van der Waals surface area contributed by atoms with Crippen molar-refractivity contribution in [3.8, 4) is 0 Å². The van der Waals surface area contributed by atoms with Crippen molar-refractivity contribution in [1.29, 1.82) is 0 Å². The zero-order valence-electron chi connectivity index (χ0n) is 24.1. The van der Waals surface area contributed by atoms with Crippen LogP contribution in [0.4, 0.5) is 0 Å². The summed E-state index contributed by atoms with van der Waals surface area (Å²) in [5.74, 6) is 14.6. The molecule has 10 atom stereocenters. The van der Waals surface area contributed by atoms with E-state index in [9.17, 15) is 0 Å². The zero-order chi connectivity index (χ0) is 24.1. The average Bonchev–Trinajstić information content (AvgIpc) is 3.43. The molecular weight excluding hydrogens is 432 g/mol. The number of fused-ring (bicyclic) bond motifs is 3. The molecule has 0 heterocycles. The highest BCUT2D eigenvalue weighted by Gasteiger charge is 2.57. The summed E-state index contributed by atoms with van der Waals surface area (Å²) in [6.45, 7) is 2.64. The minimum Gasteiger partial charge on any atom is -0.0622 e. The van der Waals surface area contributed by atoms with E-state index in [0.717, 1.165) is 76.9 Å². The predicted molar refractivity (Wildman–Crippen MR) is 153 cm³/mol. The lowest BCUT2D eigenvalue weighted by atomic mass is 9.44. The summed E-state index contributed by atoms with van der Waals surface area (Å²) in [5.41, 5.74) is 0. The molecule has 0 amide bonds. The van der Waals surface area contributed by atoms with Crippen LogP contribution in [-0.2, 0) is 0 Å². The van der Waals surface area contributed by atoms with Gasteiger partial charge in [0.15, 0.2) is 0 Å². The Morgan fingerprint density at radius 1 is 0.306 bits per heavy atom. The van der Waals surface area contributed by atoms with E-state index in [2.05, 4.69) is 6.92 Å². The van der Waals surface area contributed by atoms with Gasteiger partial charge in [0, 0.05) is 0 Å². The summed E-state index contributed by atoms with van der Waals surface area (Å²) in [6.07, 6.45) is 35.1. The average molecular weight is 493 g/mol. The summed E-state index contributed by atoms with van der Waals surface area (Å²) in [6, 6.07) is 0. The molecule has 7 aliphatic rings. The van der Waals surface area contributed by atoms with Gasteiger partial charge in [-0.2, -0.15) is 0 Å². The highest BCUT2D eigenvalue weighted by molar-refractivity contribution is 5.06. The lowest BCUT2D eigenvalue weighted by Gasteiger charge is -2.61. The Labute approximate surface area is 224 Å². The van der Waals surface area contributed by atoms with Crippen LogP contribution in [0.1, 0.15) is 148 Å². The van der Waals surface area contributed by atoms with E-state index in [1.807, 2.05) is 0 Å². The van der Waals surface area contributed by atoms with Gasteiger partial charge < -0.3 is 0 Å². The van der Waals surface area contributed by atoms with Crippen LogP contribution in [0.5, 0.6) is 0 Å². The largest absolute Gasteiger partial charge is 0.0622 e. The second-order valence-electron chi connectivity index (χ2n) is 15.9. The summed E-state index contributed by atoms with van der Waals surface area (Å²) < 4.78 is 0. The first-order valence-corrected chi connectivity index (χ1v) is 17.8. The van der Waals surface area contributed by atoms with Crippen molar-refractivity contribution in [2.45, 2.75) is 148 Å². The molecule has 0 radical (unpaired) electrons. The summed E-state index contributed by atoms with van der Waals surface area (Å²) in [4.78, 5) is 0. The third-order valence-electron chi connectivity index (χ3n) is 14.7. The smallest absolute Gasteiger partial charge is 0.0321 e. The van der Waals surface area contributed by atoms with Gasteiger partial charge in [-0.25, -0.2) is 0 Å². The molecule has 0 N–H and O–H groups in total. The van der Waals surface area contributed by atoms with Crippen LogP contribution >= 0.6 is 0 Å². The fraction of sp³-hybridized carbons (Fsp3) is 1.00. The Kier molecular flexibility index (Phi) is 7.55. The minimum atomic E-state index is 1.03. The molecule has 7 aliphatic carbocycles. The lowest BCUT2D eigenvalue weighted by Crippen LogP contribution is -2.55. The van der Waals surface area contributed by atoms with Crippen LogP contribution in [0.25, 0.3) is 0 Å². The molecule has 0 aromatic carbocycles. The zero-order valence-corrected chi connectivity index (χ0v) is 24.1. The van der Waals surface area contributed by atoms with Crippen molar-refractivity contribution in [2.75, 3.05) is 0 Å². The SMILES string of the molecule is CC1CCC(C2C3CCCCC3C(C3CCC(C4CCCCC4)C3)C3CCCCC32)C2CCCCC12. The van der Waals surface area contributed by atoms with Gasteiger partial charge in [-0.15, -0.1) is 0 Å². The molecule has 7 saturated carbocycles. The highest BCUT2D eigenvalue weighted by Crippen LogP contribution is 2.64. The number of hydrogen-bond acceptors (Lipinski definition) is 0. The minimum absolute atomic E-state index is 1.03. The monoisotopic (exact) mass is 492 g/mol. The molecule has 0 aliphatic heterocycles. The van der Waals surface area contributed by atoms with E-state index in [4.69, 9.17) is 0 Å². The maximum Gasteiger partial charge on any atom is -0.0321 e. The van der Waals surface area contributed by atoms with Crippen LogP contribution in [-0.4, -0.2) is 0 Å². The van der Waals surface area contributed by atoms with Crippen LogP contribution in [0.15, 0.2) is 0 Å². The first kappa shape index (κ1) is 25.0. The molecule has 0 aromatic rings. The molecule has 10 unspecified atom stereocenters. The molecule has 204 valence electrons. The molecule has 0 nitrogen and oxygen atoms in total. The highest BCUT2D eigenvalue weighted by atomic mass is 14.6. The van der Waals surface area contributed by atoms with Gasteiger partial charge in [0.05, 0.1) is 0 Å². The van der Waals surface area contributed by atoms with Crippen molar-refractivity contribution in [1.82, 2.24) is 0 Å². The first-order valence-electron chi connectivity index (χ1n) is 17.8. The van der Waals surface area contributed by atoms with Gasteiger partial charge >= 0.3 is 0 Å². The van der Waals surface area contributed by atoms with E-state index in [1.54, 1.807) is 135 Å². The van der Waals surface area contributed by atoms with Gasteiger partial charge in [0.1, 0.15) is 0 Å². The van der Waals surface area contributed by atoms with Crippen LogP contribution in [0.3, 0.4) is 0 Å². The fourth-order valence-electron chi connectivity index (χ4n) is 13.5. The van der Waals surface area contributed by atoms with E-state index < -0.39 is 0 Å². The first-order chi connectivity index (χ1) is 17.8. The van der Waals surface area contributed by atoms with Gasteiger partial charge in [-0.05, 0) is 141 Å². The van der Waals surface area contributed by atoms with Crippen molar-refractivity contribution >= 4 is 0 Å². The Morgan fingerprint density at radius 2 is 0.778 bits per heavy atom. The van der Waals surface area contributed by atoms with Crippen molar-refractivity contribution in [3.63, 3.8) is 0 Å². The van der Waals surface area contributed by atoms with Gasteiger partial charge in [0.25, 0.3) is 0 Å². The summed E-state index contributed by atoms with van der Waals surface area (Å²) in [7, 11) is 0. The molecule has 0 bridgehead atoms. The van der Waals surface area contributed by atoms with Crippen LogP contribution in [0, 0.1) is 76.9 Å². The van der Waals surface area contributed by atoms with Gasteiger partial charge in [-0.3, -0.25) is 0 Å². The molecule has 0 spiro atoms. The van der Waals surface area contributed by atoms with E-state index >= 15 is 0 Å². The molecule has 7 fully saturated rings. The quantitative estimate of drug-likeness (QED) is 0.367. The fourth-order valence-corrected chi connectivity index (χ4v) is 13.5. The molecular formula is C36H60. The normalized spacial score (nSPS) is 52.2. The third kappa shape index (κ3) is 4.47. The Hall–Kier alpha value is 0. The van der Waals surface area contributed by atoms with Crippen molar-refractivity contribution in [3.05, 3.63) is 0 Å². The van der Waals surface area contributed by atoms with Crippen molar-refractivity contribution in [2.24, 2.45) is 76.9 Å². The summed E-state index contributed by atoms with van der Waals surface area (Å²) in [5, 5.41) is 0. The van der Waals surface area contributed by atoms with Crippen molar-refractivity contribution < 1.29 is 0 Å².